The lowest BCUT2D eigenvalue weighted by atomic mass is 9.98. The maximum atomic E-state index is 11.7. The fourth-order valence-corrected chi connectivity index (χ4v) is 1.69. The van der Waals surface area contributed by atoms with Crippen LogP contribution in [0.5, 0.6) is 0 Å². The standard InChI is InChI=1S/C15H17NO2/c1-15(2,3)9-10-16-13(11-18-14(16)17)12-7-5-4-6-8-12/h4-8,13H,11H2,1-3H3/t13-/m0/s1. The van der Waals surface area contributed by atoms with Crippen LogP contribution in [0, 0.1) is 17.4 Å². The molecule has 1 aliphatic heterocycles. The van der Waals surface area contributed by atoms with E-state index in [1.807, 2.05) is 51.1 Å². The molecule has 3 heteroatoms. The molecule has 0 spiro atoms. The molecule has 2 rings (SSSR count). The molecule has 0 aromatic heterocycles. The highest BCUT2D eigenvalue weighted by Gasteiger charge is 2.33. The Morgan fingerprint density at radius 2 is 1.94 bits per heavy atom. The molecular weight excluding hydrogens is 226 g/mol. The molecule has 1 aromatic rings. The van der Waals surface area contributed by atoms with E-state index in [1.165, 1.54) is 4.90 Å². The zero-order valence-electron chi connectivity index (χ0n) is 10.9. The first-order valence-electron chi connectivity index (χ1n) is 6.01. The molecule has 1 amide bonds. The van der Waals surface area contributed by atoms with Gasteiger partial charge >= 0.3 is 6.09 Å². The summed E-state index contributed by atoms with van der Waals surface area (Å²) in [6.07, 6.45) is -0.361. The lowest BCUT2D eigenvalue weighted by Gasteiger charge is -2.16. The van der Waals surface area contributed by atoms with Crippen LogP contribution in [-0.4, -0.2) is 17.6 Å². The van der Waals surface area contributed by atoms with Gasteiger partial charge in [-0.3, -0.25) is 0 Å². The van der Waals surface area contributed by atoms with Crippen LogP contribution >= 0.6 is 0 Å². The van der Waals surface area contributed by atoms with E-state index in [2.05, 4.69) is 12.0 Å². The smallest absolute Gasteiger partial charge is 0.422 e. The molecule has 1 aromatic carbocycles. The average molecular weight is 243 g/mol. The predicted octanol–water partition coefficient (Wildman–Crippen LogP) is 3.19. The van der Waals surface area contributed by atoms with E-state index < -0.39 is 0 Å². The normalized spacial score (nSPS) is 19.2. The number of carbonyl (C=O) groups excluding carboxylic acids is 1. The zero-order valence-corrected chi connectivity index (χ0v) is 10.9. The van der Waals surface area contributed by atoms with Crippen LogP contribution in [-0.2, 0) is 4.74 Å². The molecule has 1 fully saturated rings. The number of rotatable bonds is 1. The van der Waals surface area contributed by atoms with Gasteiger partial charge in [0.1, 0.15) is 12.6 Å². The van der Waals surface area contributed by atoms with E-state index in [0.717, 1.165) is 5.56 Å². The second-order valence-corrected chi connectivity index (χ2v) is 5.36. The van der Waals surface area contributed by atoms with E-state index in [-0.39, 0.29) is 17.6 Å². The highest BCUT2D eigenvalue weighted by Crippen LogP contribution is 2.26. The quantitative estimate of drug-likeness (QED) is 0.709. The Morgan fingerprint density at radius 3 is 2.56 bits per heavy atom. The van der Waals surface area contributed by atoms with Crippen molar-refractivity contribution in [1.29, 1.82) is 0 Å². The minimum Gasteiger partial charge on any atom is -0.446 e. The maximum Gasteiger partial charge on any atom is 0.422 e. The number of hydrogen-bond donors (Lipinski definition) is 0. The number of carbonyl (C=O) groups is 1. The fourth-order valence-electron chi connectivity index (χ4n) is 1.69. The van der Waals surface area contributed by atoms with E-state index >= 15 is 0 Å². The van der Waals surface area contributed by atoms with Gasteiger partial charge < -0.3 is 4.74 Å². The van der Waals surface area contributed by atoms with E-state index in [9.17, 15) is 4.79 Å². The lowest BCUT2D eigenvalue weighted by Crippen LogP contribution is -2.22. The Hall–Kier alpha value is -1.95. The molecule has 18 heavy (non-hydrogen) atoms. The van der Waals surface area contributed by atoms with Crippen molar-refractivity contribution in [2.75, 3.05) is 6.61 Å². The van der Waals surface area contributed by atoms with Crippen LogP contribution in [0.2, 0.25) is 0 Å². The van der Waals surface area contributed by atoms with Crippen molar-refractivity contribution in [3.8, 4) is 12.0 Å². The number of ether oxygens (including phenoxy) is 1. The number of hydrogen-bond acceptors (Lipinski definition) is 2. The molecule has 1 atom stereocenters. The zero-order chi connectivity index (χ0) is 13.2. The summed E-state index contributed by atoms with van der Waals surface area (Å²) >= 11 is 0. The second-order valence-electron chi connectivity index (χ2n) is 5.36. The van der Waals surface area contributed by atoms with Crippen molar-refractivity contribution >= 4 is 6.09 Å². The van der Waals surface area contributed by atoms with Gasteiger partial charge in [-0.25, -0.2) is 9.69 Å². The summed E-state index contributed by atoms with van der Waals surface area (Å²) in [6.45, 7) is 6.40. The van der Waals surface area contributed by atoms with Gasteiger partial charge in [-0.1, -0.05) is 36.3 Å². The summed E-state index contributed by atoms with van der Waals surface area (Å²) in [5, 5.41) is 0. The first kappa shape index (κ1) is 12.5. The van der Waals surface area contributed by atoms with Crippen LogP contribution in [0.25, 0.3) is 0 Å². The Balaban J connectivity index is 2.26. The minimum absolute atomic E-state index is 0.103. The van der Waals surface area contributed by atoms with Crippen molar-refractivity contribution in [1.82, 2.24) is 4.90 Å². The largest absolute Gasteiger partial charge is 0.446 e. The Labute approximate surface area is 108 Å². The molecule has 3 nitrogen and oxygen atoms in total. The minimum atomic E-state index is -0.361. The fraction of sp³-hybridized carbons (Fsp3) is 0.400. The number of nitrogens with zero attached hydrogens (tertiary/aromatic N) is 1. The summed E-state index contributed by atoms with van der Waals surface area (Å²) in [7, 11) is 0. The molecule has 1 heterocycles. The predicted molar refractivity (Wildman–Crippen MR) is 69.6 cm³/mol. The third-order valence-corrected chi connectivity index (χ3v) is 2.61. The molecule has 0 N–H and O–H groups in total. The summed E-state index contributed by atoms with van der Waals surface area (Å²) in [4.78, 5) is 13.2. The molecule has 0 saturated carbocycles. The molecule has 94 valence electrons. The van der Waals surface area contributed by atoms with Crippen molar-refractivity contribution < 1.29 is 9.53 Å². The first-order valence-corrected chi connectivity index (χ1v) is 6.01. The van der Waals surface area contributed by atoms with Gasteiger partial charge in [0.25, 0.3) is 0 Å². The van der Waals surface area contributed by atoms with Crippen molar-refractivity contribution in [3.05, 3.63) is 35.9 Å². The monoisotopic (exact) mass is 243 g/mol. The summed E-state index contributed by atoms with van der Waals surface area (Å²) in [5.74, 6) is 3.07. The van der Waals surface area contributed by atoms with Gasteiger partial charge in [0.2, 0.25) is 0 Å². The number of benzene rings is 1. The van der Waals surface area contributed by atoms with Crippen molar-refractivity contribution in [2.24, 2.45) is 5.41 Å². The van der Waals surface area contributed by atoms with Gasteiger partial charge in [-0.2, -0.15) is 0 Å². The van der Waals surface area contributed by atoms with E-state index in [4.69, 9.17) is 4.74 Å². The lowest BCUT2D eigenvalue weighted by molar-refractivity contribution is 0.167. The third-order valence-electron chi connectivity index (χ3n) is 2.61. The molecule has 0 aliphatic carbocycles. The van der Waals surface area contributed by atoms with Gasteiger partial charge in [-0.05, 0) is 26.3 Å². The van der Waals surface area contributed by atoms with Crippen LogP contribution < -0.4 is 0 Å². The SMILES string of the molecule is CC(C)(C)C#CN1C(=O)OC[C@H]1c1ccccc1. The Kier molecular flexibility index (Phi) is 3.29. The van der Waals surface area contributed by atoms with Gasteiger partial charge in [0.15, 0.2) is 0 Å². The van der Waals surface area contributed by atoms with E-state index in [0.29, 0.717) is 6.61 Å². The van der Waals surface area contributed by atoms with Crippen LogP contribution in [0.1, 0.15) is 32.4 Å². The third kappa shape index (κ3) is 2.84. The van der Waals surface area contributed by atoms with Crippen LogP contribution in [0.15, 0.2) is 30.3 Å². The number of cyclic esters (lactones) is 1. The summed E-state index contributed by atoms with van der Waals surface area (Å²) in [6, 6.07) is 12.6. The second kappa shape index (κ2) is 4.73. The molecule has 0 unspecified atom stereocenters. The molecule has 0 bridgehead atoms. The number of amides is 1. The topological polar surface area (TPSA) is 29.5 Å². The molecule has 1 saturated heterocycles. The Bertz CT molecular complexity index is 491. The first-order chi connectivity index (χ1) is 8.47. The highest BCUT2D eigenvalue weighted by molar-refractivity contribution is 5.73. The van der Waals surface area contributed by atoms with Crippen LogP contribution in [0.4, 0.5) is 4.79 Å². The average Bonchev–Trinajstić information content (AvgIpc) is 2.68. The molecule has 1 aliphatic rings. The Morgan fingerprint density at radius 1 is 1.28 bits per heavy atom. The maximum absolute atomic E-state index is 11.7. The molecule has 0 radical (unpaired) electrons. The van der Waals surface area contributed by atoms with Gasteiger partial charge in [0.05, 0.1) is 0 Å². The van der Waals surface area contributed by atoms with Crippen LogP contribution in [0.3, 0.4) is 0 Å². The van der Waals surface area contributed by atoms with Crippen molar-refractivity contribution in [3.63, 3.8) is 0 Å². The van der Waals surface area contributed by atoms with Crippen molar-refractivity contribution in [2.45, 2.75) is 26.8 Å². The summed E-state index contributed by atoms with van der Waals surface area (Å²) in [5.41, 5.74) is 0.913. The van der Waals surface area contributed by atoms with E-state index in [1.54, 1.807) is 0 Å². The summed E-state index contributed by atoms with van der Waals surface area (Å²) < 4.78 is 5.08. The highest BCUT2D eigenvalue weighted by atomic mass is 16.6. The van der Waals surface area contributed by atoms with Gasteiger partial charge in [0, 0.05) is 11.5 Å². The van der Waals surface area contributed by atoms with Gasteiger partial charge in [-0.15, -0.1) is 0 Å². The molecular formula is C15H17NO2.